The molecule has 0 aliphatic heterocycles. The number of pyridine rings is 1. The van der Waals surface area contributed by atoms with E-state index in [-0.39, 0.29) is 5.91 Å². The predicted octanol–water partition coefficient (Wildman–Crippen LogP) is 4.18. The third-order valence-electron chi connectivity index (χ3n) is 3.75. The second-order valence-corrected chi connectivity index (χ2v) is 6.19. The molecule has 0 aliphatic carbocycles. The molecule has 0 bridgehead atoms. The average molecular weight is 319 g/mol. The Morgan fingerprint density at radius 1 is 1.21 bits per heavy atom. The van der Waals surface area contributed by atoms with Gasteiger partial charge in [0.25, 0.3) is 0 Å². The number of carbonyl (C=O) groups is 1. The van der Waals surface area contributed by atoms with Crippen molar-refractivity contribution in [1.29, 1.82) is 0 Å². The Labute approximate surface area is 141 Å². The highest BCUT2D eigenvalue weighted by molar-refractivity contribution is 6.02. The predicted molar refractivity (Wildman–Crippen MR) is 97.8 cm³/mol. The lowest BCUT2D eigenvalue weighted by atomic mass is 10.0. The summed E-state index contributed by atoms with van der Waals surface area (Å²) in [6.45, 7) is 4.34. The molecule has 0 aliphatic rings. The molecule has 1 N–H and O–H groups in total. The topological polar surface area (TPSA) is 46.4 Å². The number of rotatable bonds is 5. The zero-order valence-corrected chi connectivity index (χ0v) is 13.9. The molecule has 0 saturated carbocycles. The van der Waals surface area contributed by atoms with Crippen molar-refractivity contribution in [2.75, 3.05) is 5.32 Å². The number of anilines is 1. The number of carbonyl (C=O) groups excluding carboxylic acids is 1. The van der Waals surface area contributed by atoms with Crippen LogP contribution in [-0.2, 0) is 11.2 Å². The first-order valence-electron chi connectivity index (χ1n) is 8.12. The smallest absolute Gasteiger partial charge is 0.248 e. The summed E-state index contributed by atoms with van der Waals surface area (Å²) in [7, 11) is 0. The van der Waals surface area contributed by atoms with Gasteiger partial charge in [0.15, 0.2) is 0 Å². The lowest BCUT2D eigenvalue weighted by Crippen LogP contribution is -2.10. The van der Waals surface area contributed by atoms with E-state index in [1.807, 2.05) is 47.0 Å². The van der Waals surface area contributed by atoms with Gasteiger partial charge in [0.1, 0.15) is 5.65 Å². The maximum Gasteiger partial charge on any atom is 0.248 e. The number of hydrogen-bond donors (Lipinski definition) is 1. The van der Waals surface area contributed by atoms with Gasteiger partial charge in [0.2, 0.25) is 5.91 Å². The van der Waals surface area contributed by atoms with E-state index in [1.54, 1.807) is 18.3 Å². The van der Waals surface area contributed by atoms with Crippen LogP contribution in [0.4, 0.5) is 5.69 Å². The molecule has 0 spiro atoms. The number of benzene rings is 1. The number of nitrogens with zero attached hydrogens (tertiary/aromatic N) is 2. The van der Waals surface area contributed by atoms with E-state index in [1.165, 1.54) is 0 Å². The van der Waals surface area contributed by atoms with Gasteiger partial charge in [-0.1, -0.05) is 38.1 Å². The van der Waals surface area contributed by atoms with Crippen LogP contribution in [0.25, 0.3) is 11.7 Å². The van der Waals surface area contributed by atoms with Crippen molar-refractivity contribution in [3.63, 3.8) is 0 Å². The summed E-state index contributed by atoms with van der Waals surface area (Å²) < 4.78 is 1.94. The van der Waals surface area contributed by atoms with Crippen molar-refractivity contribution in [1.82, 2.24) is 9.38 Å². The third-order valence-corrected chi connectivity index (χ3v) is 3.75. The molecule has 0 atom stereocenters. The van der Waals surface area contributed by atoms with E-state index in [2.05, 4.69) is 30.2 Å². The highest BCUT2D eigenvalue weighted by Gasteiger charge is 2.06. The van der Waals surface area contributed by atoms with Gasteiger partial charge in [-0.3, -0.25) is 4.79 Å². The molecular formula is C20H21N3O. The fraction of sp³-hybridized carbons (Fsp3) is 0.200. The molecule has 0 fully saturated rings. The minimum atomic E-state index is -0.142. The van der Waals surface area contributed by atoms with Gasteiger partial charge in [-0.15, -0.1) is 0 Å². The second-order valence-electron chi connectivity index (χ2n) is 6.19. The highest BCUT2D eigenvalue weighted by atomic mass is 16.1. The summed E-state index contributed by atoms with van der Waals surface area (Å²) in [5, 5.41) is 2.97. The molecule has 0 unspecified atom stereocenters. The van der Waals surface area contributed by atoms with Crippen LogP contribution in [0.2, 0.25) is 0 Å². The summed E-state index contributed by atoms with van der Waals surface area (Å²) in [6.07, 6.45) is 7.94. The van der Waals surface area contributed by atoms with Gasteiger partial charge in [0, 0.05) is 18.0 Å². The molecule has 2 heterocycles. The molecule has 24 heavy (non-hydrogen) atoms. The van der Waals surface area contributed by atoms with Crippen LogP contribution in [0.5, 0.6) is 0 Å². The fourth-order valence-corrected chi connectivity index (χ4v) is 2.67. The summed E-state index contributed by atoms with van der Waals surface area (Å²) in [6, 6.07) is 13.7. The van der Waals surface area contributed by atoms with Crippen LogP contribution >= 0.6 is 0 Å². The fourth-order valence-electron chi connectivity index (χ4n) is 2.67. The van der Waals surface area contributed by atoms with Crippen molar-refractivity contribution in [2.45, 2.75) is 20.3 Å². The Hall–Kier alpha value is -2.88. The first-order chi connectivity index (χ1) is 11.6. The Morgan fingerprint density at radius 3 is 2.83 bits per heavy atom. The quantitative estimate of drug-likeness (QED) is 0.717. The van der Waals surface area contributed by atoms with Crippen molar-refractivity contribution >= 4 is 23.3 Å². The Morgan fingerprint density at radius 2 is 2.00 bits per heavy atom. The number of para-hydroxylation sites is 1. The number of fused-ring (bicyclic) bond motifs is 1. The van der Waals surface area contributed by atoms with Crippen LogP contribution < -0.4 is 5.32 Å². The number of nitrogens with one attached hydrogen (secondary N) is 1. The van der Waals surface area contributed by atoms with Gasteiger partial charge in [0.05, 0.1) is 11.9 Å². The number of hydrogen-bond acceptors (Lipinski definition) is 2. The molecule has 3 rings (SSSR count). The summed E-state index contributed by atoms with van der Waals surface area (Å²) in [5.74, 6) is 0.397. The van der Waals surface area contributed by atoms with E-state index in [0.717, 1.165) is 29.0 Å². The number of aromatic nitrogens is 2. The van der Waals surface area contributed by atoms with Gasteiger partial charge in [-0.05, 0) is 42.2 Å². The lowest BCUT2D eigenvalue weighted by Gasteiger charge is -2.11. The van der Waals surface area contributed by atoms with E-state index in [4.69, 9.17) is 0 Å². The molecule has 122 valence electrons. The lowest BCUT2D eigenvalue weighted by molar-refractivity contribution is -0.111. The van der Waals surface area contributed by atoms with Crippen molar-refractivity contribution < 1.29 is 4.79 Å². The Kier molecular flexibility index (Phi) is 4.75. The van der Waals surface area contributed by atoms with Crippen molar-refractivity contribution in [2.24, 2.45) is 5.92 Å². The van der Waals surface area contributed by atoms with E-state index in [0.29, 0.717) is 5.92 Å². The minimum absolute atomic E-state index is 0.142. The SMILES string of the molecule is CC(C)Cc1ccccc1NC(=O)/C=C/c1cnc2ccccn12. The van der Waals surface area contributed by atoms with Crippen LogP contribution in [0.3, 0.4) is 0 Å². The Balaban J connectivity index is 1.74. The number of imidazole rings is 1. The molecule has 0 saturated heterocycles. The monoisotopic (exact) mass is 319 g/mol. The van der Waals surface area contributed by atoms with Crippen molar-refractivity contribution in [3.05, 3.63) is 72.2 Å². The normalized spacial score (nSPS) is 11.5. The molecule has 4 nitrogen and oxygen atoms in total. The first kappa shape index (κ1) is 16.0. The maximum absolute atomic E-state index is 12.3. The van der Waals surface area contributed by atoms with E-state index >= 15 is 0 Å². The van der Waals surface area contributed by atoms with E-state index < -0.39 is 0 Å². The molecule has 0 radical (unpaired) electrons. The largest absolute Gasteiger partial charge is 0.322 e. The zero-order valence-electron chi connectivity index (χ0n) is 13.9. The molecule has 4 heteroatoms. The van der Waals surface area contributed by atoms with Gasteiger partial charge in [-0.25, -0.2) is 4.98 Å². The molecule has 1 amide bonds. The molecular weight excluding hydrogens is 298 g/mol. The molecule has 1 aromatic carbocycles. The highest BCUT2D eigenvalue weighted by Crippen LogP contribution is 2.19. The zero-order chi connectivity index (χ0) is 16.9. The van der Waals surface area contributed by atoms with Crippen LogP contribution in [0, 0.1) is 5.92 Å². The first-order valence-corrected chi connectivity index (χ1v) is 8.12. The van der Waals surface area contributed by atoms with E-state index in [9.17, 15) is 4.79 Å². The summed E-state index contributed by atoms with van der Waals surface area (Å²) >= 11 is 0. The summed E-state index contributed by atoms with van der Waals surface area (Å²) in [5.41, 5.74) is 3.76. The number of amides is 1. The van der Waals surface area contributed by atoms with Gasteiger partial charge < -0.3 is 9.72 Å². The van der Waals surface area contributed by atoms with Crippen LogP contribution in [0.15, 0.2) is 60.9 Å². The van der Waals surface area contributed by atoms with Gasteiger partial charge in [-0.2, -0.15) is 0 Å². The van der Waals surface area contributed by atoms with Crippen molar-refractivity contribution in [3.8, 4) is 0 Å². The molecule has 3 aromatic rings. The Bertz CT molecular complexity index is 877. The van der Waals surface area contributed by atoms with Crippen LogP contribution in [-0.4, -0.2) is 15.3 Å². The maximum atomic E-state index is 12.3. The third kappa shape index (κ3) is 3.71. The van der Waals surface area contributed by atoms with Gasteiger partial charge >= 0.3 is 0 Å². The molecule has 2 aromatic heterocycles. The van der Waals surface area contributed by atoms with Crippen LogP contribution in [0.1, 0.15) is 25.1 Å². The second kappa shape index (κ2) is 7.13. The average Bonchev–Trinajstić information content (AvgIpc) is 2.98. The minimum Gasteiger partial charge on any atom is -0.322 e. The standard InChI is InChI=1S/C20H21N3O/c1-15(2)13-16-7-3-4-8-18(16)22-20(24)11-10-17-14-21-19-9-5-6-12-23(17)19/h3-12,14-15H,13H2,1-2H3,(H,22,24)/b11-10+. The summed E-state index contributed by atoms with van der Waals surface area (Å²) in [4.78, 5) is 16.6.